The average Bonchev–Trinajstić information content (AvgIpc) is 3.26. The van der Waals surface area contributed by atoms with Crippen LogP contribution in [0.15, 0.2) is 48.8 Å². The molecule has 1 aromatic carbocycles. The Morgan fingerprint density at radius 1 is 1.18 bits per heavy atom. The number of nitrogens with one attached hydrogen (secondary N) is 2. The third-order valence-corrected chi connectivity index (χ3v) is 5.30. The van der Waals surface area contributed by atoms with Crippen molar-refractivity contribution in [2.24, 2.45) is 5.41 Å². The van der Waals surface area contributed by atoms with Crippen LogP contribution in [0.25, 0.3) is 5.69 Å². The summed E-state index contributed by atoms with van der Waals surface area (Å²) in [6.45, 7) is 7.81. The second-order valence-corrected chi connectivity index (χ2v) is 8.69. The maximum Gasteiger partial charge on any atom is 0.261 e. The third kappa shape index (κ3) is 4.67. The zero-order valence-electron chi connectivity index (χ0n) is 16.4. The molecule has 0 fully saturated rings. The first-order valence-electron chi connectivity index (χ1n) is 9.03. The summed E-state index contributed by atoms with van der Waals surface area (Å²) >= 11 is 1.28. The summed E-state index contributed by atoms with van der Waals surface area (Å²) in [4.78, 5) is 25.3. The Kier molecular flexibility index (Phi) is 5.65. The van der Waals surface area contributed by atoms with Gasteiger partial charge in [-0.3, -0.25) is 9.59 Å². The van der Waals surface area contributed by atoms with Gasteiger partial charge in [0, 0.05) is 23.7 Å². The molecular formula is C21H24N4O2S. The number of benzene rings is 1. The number of thiophene rings is 1. The Morgan fingerprint density at radius 2 is 1.89 bits per heavy atom. The predicted molar refractivity (Wildman–Crippen MR) is 112 cm³/mol. The van der Waals surface area contributed by atoms with Gasteiger partial charge < -0.3 is 10.6 Å². The van der Waals surface area contributed by atoms with Gasteiger partial charge in [-0.2, -0.15) is 5.10 Å². The molecule has 0 aliphatic rings. The van der Waals surface area contributed by atoms with Gasteiger partial charge in [0.25, 0.3) is 5.91 Å². The van der Waals surface area contributed by atoms with Crippen molar-refractivity contribution in [2.45, 2.75) is 34.2 Å². The summed E-state index contributed by atoms with van der Waals surface area (Å²) in [5, 5.41) is 10.8. The number of anilines is 1. The molecule has 2 heterocycles. The predicted octanol–water partition coefficient (Wildman–Crippen LogP) is 4.16. The molecule has 28 heavy (non-hydrogen) atoms. The Hall–Kier alpha value is -2.93. The number of hydrogen-bond acceptors (Lipinski definition) is 4. The van der Waals surface area contributed by atoms with Crippen LogP contribution in [0.4, 0.5) is 5.00 Å². The highest BCUT2D eigenvalue weighted by Crippen LogP contribution is 2.28. The summed E-state index contributed by atoms with van der Waals surface area (Å²) in [5.41, 5.74) is 2.23. The van der Waals surface area contributed by atoms with Crippen molar-refractivity contribution in [1.82, 2.24) is 15.1 Å². The van der Waals surface area contributed by atoms with Crippen molar-refractivity contribution in [2.75, 3.05) is 5.32 Å². The number of hydrogen-bond donors (Lipinski definition) is 2. The highest BCUT2D eigenvalue weighted by atomic mass is 32.1. The first-order valence-corrected chi connectivity index (χ1v) is 9.85. The minimum atomic E-state index is -0.487. The monoisotopic (exact) mass is 396 g/mol. The second-order valence-electron chi connectivity index (χ2n) is 7.64. The average molecular weight is 397 g/mol. The Morgan fingerprint density at radius 3 is 2.57 bits per heavy atom. The van der Waals surface area contributed by atoms with Gasteiger partial charge in [0.15, 0.2) is 0 Å². The number of nitrogens with zero attached hydrogens (tertiary/aromatic N) is 2. The molecule has 0 bridgehead atoms. The van der Waals surface area contributed by atoms with E-state index in [1.807, 2.05) is 70.3 Å². The van der Waals surface area contributed by atoms with Crippen LogP contribution in [0.5, 0.6) is 0 Å². The van der Waals surface area contributed by atoms with Crippen LogP contribution >= 0.6 is 11.3 Å². The maximum atomic E-state index is 12.6. The first kappa shape index (κ1) is 19.8. The summed E-state index contributed by atoms with van der Waals surface area (Å²) in [6.07, 6.45) is 3.63. The Balaban J connectivity index is 1.63. The van der Waals surface area contributed by atoms with Gasteiger partial charge in [-0.05, 0) is 30.7 Å². The summed E-state index contributed by atoms with van der Waals surface area (Å²) in [5.74, 6) is -0.236. The van der Waals surface area contributed by atoms with Crippen LogP contribution < -0.4 is 10.6 Å². The molecule has 0 aliphatic heterocycles. The largest absolute Gasteiger partial charge is 0.347 e. The Labute approximate surface area is 168 Å². The van der Waals surface area contributed by atoms with E-state index in [9.17, 15) is 9.59 Å². The molecule has 2 amide bonds. The summed E-state index contributed by atoms with van der Waals surface area (Å²) < 4.78 is 1.78. The molecule has 2 N–H and O–H groups in total. The summed E-state index contributed by atoms with van der Waals surface area (Å²) in [6, 6.07) is 11.6. The number of carbonyl (C=O) groups is 2. The first-order chi connectivity index (χ1) is 13.2. The molecule has 6 nitrogen and oxygen atoms in total. The molecular weight excluding hydrogens is 372 g/mol. The van der Waals surface area contributed by atoms with Gasteiger partial charge in [-0.25, -0.2) is 4.68 Å². The van der Waals surface area contributed by atoms with E-state index in [1.54, 1.807) is 10.9 Å². The van der Waals surface area contributed by atoms with E-state index in [0.717, 1.165) is 16.8 Å². The topological polar surface area (TPSA) is 76.0 Å². The van der Waals surface area contributed by atoms with Crippen molar-refractivity contribution in [3.05, 3.63) is 64.8 Å². The maximum absolute atomic E-state index is 12.6. The lowest BCUT2D eigenvalue weighted by Crippen LogP contribution is -2.27. The van der Waals surface area contributed by atoms with E-state index < -0.39 is 5.41 Å². The van der Waals surface area contributed by atoms with E-state index in [-0.39, 0.29) is 11.8 Å². The molecule has 0 saturated carbocycles. The molecule has 3 aromatic rings. The van der Waals surface area contributed by atoms with Crippen LogP contribution in [0.3, 0.4) is 0 Å². The van der Waals surface area contributed by atoms with Crippen LogP contribution in [0.2, 0.25) is 0 Å². The van der Waals surface area contributed by atoms with Crippen molar-refractivity contribution < 1.29 is 9.59 Å². The molecule has 0 radical (unpaired) electrons. The van der Waals surface area contributed by atoms with Gasteiger partial charge in [-0.1, -0.05) is 39.0 Å². The zero-order valence-corrected chi connectivity index (χ0v) is 17.3. The molecule has 0 unspecified atom stereocenters. The van der Waals surface area contributed by atoms with Gasteiger partial charge in [0.2, 0.25) is 5.91 Å². The van der Waals surface area contributed by atoms with E-state index >= 15 is 0 Å². The van der Waals surface area contributed by atoms with Crippen LogP contribution in [0.1, 0.15) is 41.6 Å². The highest BCUT2D eigenvalue weighted by Gasteiger charge is 2.23. The van der Waals surface area contributed by atoms with Gasteiger partial charge in [0.1, 0.15) is 0 Å². The van der Waals surface area contributed by atoms with Crippen molar-refractivity contribution >= 4 is 28.2 Å². The fourth-order valence-electron chi connectivity index (χ4n) is 2.50. The number of para-hydroxylation sites is 1. The quantitative estimate of drug-likeness (QED) is 0.680. The van der Waals surface area contributed by atoms with Crippen LogP contribution in [-0.2, 0) is 11.3 Å². The lowest BCUT2D eigenvalue weighted by atomic mass is 9.96. The van der Waals surface area contributed by atoms with Gasteiger partial charge in [0.05, 0.1) is 21.8 Å². The lowest BCUT2D eigenvalue weighted by molar-refractivity contribution is -0.123. The number of amides is 2. The number of rotatable bonds is 5. The fourth-order valence-corrected chi connectivity index (χ4v) is 3.49. The smallest absolute Gasteiger partial charge is 0.261 e. The molecule has 0 spiro atoms. The molecule has 0 saturated heterocycles. The molecule has 7 heteroatoms. The van der Waals surface area contributed by atoms with Gasteiger partial charge in [-0.15, -0.1) is 11.3 Å². The van der Waals surface area contributed by atoms with E-state index in [1.165, 1.54) is 11.3 Å². The van der Waals surface area contributed by atoms with E-state index in [0.29, 0.717) is 16.4 Å². The van der Waals surface area contributed by atoms with Crippen molar-refractivity contribution in [1.29, 1.82) is 0 Å². The lowest BCUT2D eigenvalue weighted by Gasteiger charge is -2.16. The highest BCUT2D eigenvalue weighted by molar-refractivity contribution is 7.18. The Bertz CT molecular complexity index is 984. The normalized spacial score (nSPS) is 11.3. The SMILES string of the molecule is Cc1cc(NC(=O)C(C)(C)C)sc1C(=O)NCc1cnn(-c2ccccc2)c1. The van der Waals surface area contributed by atoms with Crippen molar-refractivity contribution in [3.63, 3.8) is 0 Å². The second kappa shape index (κ2) is 7.98. The minimum Gasteiger partial charge on any atom is -0.347 e. The molecule has 0 aliphatic carbocycles. The molecule has 146 valence electrons. The van der Waals surface area contributed by atoms with Crippen LogP contribution in [0, 0.1) is 12.3 Å². The minimum absolute atomic E-state index is 0.0750. The standard InChI is InChI=1S/C21H24N4O2S/c1-14-10-17(24-20(27)21(2,3)4)28-18(14)19(26)22-11-15-12-23-25(13-15)16-8-6-5-7-9-16/h5-10,12-13H,11H2,1-4H3,(H,22,26)(H,24,27). The number of carbonyl (C=O) groups excluding carboxylic acids is 2. The third-order valence-electron chi connectivity index (χ3n) is 4.15. The number of aryl methyl sites for hydroxylation is 1. The molecule has 0 atom stereocenters. The number of aromatic nitrogens is 2. The molecule has 2 aromatic heterocycles. The fraction of sp³-hybridized carbons (Fsp3) is 0.286. The van der Waals surface area contributed by atoms with Crippen molar-refractivity contribution in [3.8, 4) is 5.69 Å². The zero-order chi connectivity index (χ0) is 20.3. The molecule has 3 rings (SSSR count). The van der Waals surface area contributed by atoms with Crippen LogP contribution in [-0.4, -0.2) is 21.6 Å². The summed E-state index contributed by atoms with van der Waals surface area (Å²) in [7, 11) is 0. The van der Waals surface area contributed by atoms with E-state index in [2.05, 4.69) is 15.7 Å². The van der Waals surface area contributed by atoms with Gasteiger partial charge >= 0.3 is 0 Å². The van der Waals surface area contributed by atoms with E-state index in [4.69, 9.17) is 0 Å².